The molecule has 0 saturated carbocycles. The number of nitrogens with one attached hydrogen (secondary N) is 1. The van der Waals surface area contributed by atoms with E-state index in [2.05, 4.69) is 17.3 Å². The van der Waals surface area contributed by atoms with Gasteiger partial charge < -0.3 is 19.9 Å². The van der Waals surface area contributed by atoms with Crippen molar-refractivity contribution in [2.75, 3.05) is 20.1 Å². The fraction of sp³-hybridized carbons (Fsp3) is 0.480. The van der Waals surface area contributed by atoms with Crippen LogP contribution in [0.25, 0.3) is 0 Å². The van der Waals surface area contributed by atoms with Crippen molar-refractivity contribution in [3.8, 4) is 0 Å². The van der Waals surface area contributed by atoms with Gasteiger partial charge in [0.1, 0.15) is 11.6 Å². The fourth-order valence-corrected chi connectivity index (χ4v) is 3.80. The summed E-state index contributed by atoms with van der Waals surface area (Å²) in [5.41, 5.74) is 2.37. The van der Waals surface area contributed by atoms with E-state index in [4.69, 9.17) is 4.74 Å². The minimum atomic E-state index is -0.630. The maximum absolute atomic E-state index is 14.3. The number of carbonyl (C=O) groups is 1. The van der Waals surface area contributed by atoms with Crippen LogP contribution in [-0.4, -0.2) is 48.1 Å². The zero-order chi connectivity index (χ0) is 23.1. The van der Waals surface area contributed by atoms with Gasteiger partial charge in [-0.2, -0.15) is 0 Å². The second kappa shape index (κ2) is 11.4. The number of urea groups is 1. The Labute approximate surface area is 189 Å². The molecule has 1 N–H and O–H groups in total. The van der Waals surface area contributed by atoms with E-state index in [-0.39, 0.29) is 24.7 Å². The lowest BCUT2D eigenvalue weighted by Crippen LogP contribution is -2.49. The largest absolute Gasteiger partial charge is 0.374 e. The Kier molecular flexibility index (Phi) is 8.59. The van der Waals surface area contributed by atoms with Crippen molar-refractivity contribution in [2.24, 2.45) is 0 Å². The summed E-state index contributed by atoms with van der Waals surface area (Å²) in [6, 6.07) is 11.2. The van der Waals surface area contributed by atoms with Crippen LogP contribution in [0.2, 0.25) is 0 Å². The van der Waals surface area contributed by atoms with Gasteiger partial charge in [0, 0.05) is 24.2 Å². The monoisotopic (exact) mass is 445 g/mol. The first kappa shape index (κ1) is 24.1. The van der Waals surface area contributed by atoms with Gasteiger partial charge in [0.25, 0.3) is 0 Å². The molecule has 1 aliphatic heterocycles. The predicted octanol–water partition coefficient (Wildman–Crippen LogP) is 4.70. The van der Waals surface area contributed by atoms with Crippen LogP contribution in [0.1, 0.15) is 43.4 Å². The summed E-state index contributed by atoms with van der Waals surface area (Å²) in [4.78, 5) is 17.0. The number of carbonyl (C=O) groups excluding carboxylic acids is 1. The van der Waals surface area contributed by atoms with Crippen LogP contribution in [-0.2, 0) is 24.4 Å². The first-order chi connectivity index (χ1) is 15.3. The number of hydrogen-bond acceptors (Lipinski definition) is 3. The van der Waals surface area contributed by atoms with Gasteiger partial charge in [-0.25, -0.2) is 13.6 Å². The summed E-state index contributed by atoms with van der Waals surface area (Å²) in [5, 5.41) is 2.97. The summed E-state index contributed by atoms with van der Waals surface area (Å²) in [5.74, 6) is -1.25. The molecule has 7 heteroatoms. The Morgan fingerprint density at radius 1 is 1.12 bits per heavy atom. The maximum atomic E-state index is 14.3. The Bertz CT molecular complexity index is 881. The predicted molar refractivity (Wildman–Crippen MR) is 121 cm³/mol. The number of rotatable bonds is 8. The molecule has 3 rings (SSSR count). The lowest BCUT2D eigenvalue weighted by Gasteiger charge is -2.37. The van der Waals surface area contributed by atoms with E-state index in [1.807, 2.05) is 38.1 Å². The van der Waals surface area contributed by atoms with Crippen molar-refractivity contribution in [3.63, 3.8) is 0 Å². The van der Waals surface area contributed by atoms with Crippen LogP contribution < -0.4 is 5.32 Å². The summed E-state index contributed by atoms with van der Waals surface area (Å²) < 4.78 is 33.2. The first-order valence-electron chi connectivity index (χ1n) is 11.2. The Morgan fingerprint density at radius 3 is 2.41 bits per heavy atom. The normalized spacial score (nSPS) is 15.2. The number of hydrogen-bond donors (Lipinski definition) is 1. The average Bonchev–Trinajstić information content (AvgIpc) is 2.77. The van der Waals surface area contributed by atoms with Gasteiger partial charge in [-0.15, -0.1) is 0 Å². The van der Waals surface area contributed by atoms with Gasteiger partial charge in [-0.3, -0.25) is 0 Å². The Morgan fingerprint density at radius 2 is 1.78 bits per heavy atom. The minimum Gasteiger partial charge on any atom is -0.374 e. The van der Waals surface area contributed by atoms with Crippen molar-refractivity contribution in [1.82, 2.24) is 15.1 Å². The molecule has 2 amide bonds. The van der Waals surface area contributed by atoms with Crippen LogP contribution >= 0.6 is 0 Å². The Balaban J connectivity index is 1.65. The third-order valence-corrected chi connectivity index (χ3v) is 5.80. The van der Waals surface area contributed by atoms with Crippen LogP contribution in [0.3, 0.4) is 0 Å². The van der Waals surface area contributed by atoms with Crippen LogP contribution in [0.15, 0.2) is 42.5 Å². The molecule has 32 heavy (non-hydrogen) atoms. The molecule has 2 aromatic carbocycles. The van der Waals surface area contributed by atoms with Gasteiger partial charge in [0.2, 0.25) is 0 Å². The molecule has 2 aromatic rings. The molecule has 1 fully saturated rings. The second-order valence-electron chi connectivity index (χ2n) is 8.73. The van der Waals surface area contributed by atoms with Crippen LogP contribution in [0, 0.1) is 11.6 Å². The number of amides is 2. The number of likely N-dealkylation sites (tertiary alicyclic amines) is 1. The van der Waals surface area contributed by atoms with E-state index < -0.39 is 11.6 Å². The third kappa shape index (κ3) is 7.00. The van der Waals surface area contributed by atoms with Crippen LogP contribution in [0.4, 0.5) is 13.6 Å². The van der Waals surface area contributed by atoms with E-state index in [9.17, 15) is 13.6 Å². The Hall–Kier alpha value is -2.51. The SMILES string of the molecule is CC(C)OCc1ccc(CNC(=O)N(Cc2ccc(F)cc2F)C2CCN(C)CC2)cc1. The molecule has 0 bridgehead atoms. The molecular formula is C25H33F2N3O2. The quantitative estimate of drug-likeness (QED) is 0.641. The number of halogens is 2. The summed E-state index contributed by atoms with van der Waals surface area (Å²) in [6.45, 7) is 6.78. The third-order valence-electron chi connectivity index (χ3n) is 5.80. The second-order valence-corrected chi connectivity index (χ2v) is 8.73. The molecule has 1 saturated heterocycles. The van der Waals surface area contributed by atoms with Crippen molar-refractivity contribution < 1.29 is 18.3 Å². The van der Waals surface area contributed by atoms with E-state index in [0.717, 1.165) is 43.1 Å². The smallest absolute Gasteiger partial charge is 0.318 e. The fourth-order valence-electron chi connectivity index (χ4n) is 3.80. The highest BCUT2D eigenvalue weighted by atomic mass is 19.1. The molecular weight excluding hydrogens is 412 g/mol. The molecule has 1 heterocycles. The zero-order valence-electron chi connectivity index (χ0n) is 19.1. The molecule has 0 radical (unpaired) electrons. The van der Waals surface area contributed by atoms with Crippen molar-refractivity contribution in [3.05, 3.63) is 70.8 Å². The summed E-state index contributed by atoms with van der Waals surface area (Å²) in [6.07, 6.45) is 1.81. The topological polar surface area (TPSA) is 44.8 Å². The van der Waals surface area contributed by atoms with Crippen LogP contribution in [0.5, 0.6) is 0 Å². The molecule has 0 atom stereocenters. The van der Waals surface area contributed by atoms with Crippen molar-refractivity contribution >= 4 is 6.03 Å². The number of ether oxygens (including phenoxy) is 1. The lowest BCUT2D eigenvalue weighted by atomic mass is 10.0. The van der Waals surface area contributed by atoms with E-state index >= 15 is 0 Å². The first-order valence-corrected chi connectivity index (χ1v) is 11.2. The van der Waals surface area contributed by atoms with Gasteiger partial charge in [0.15, 0.2) is 0 Å². The van der Waals surface area contributed by atoms with Gasteiger partial charge in [-0.1, -0.05) is 30.3 Å². The van der Waals surface area contributed by atoms with E-state index in [1.165, 1.54) is 12.1 Å². The highest BCUT2D eigenvalue weighted by Crippen LogP contribution is 2.20. The van der Waals surface area contributed by atoms with Crippen molar-refractivity contribution in [2.45, 2.75) is 58.5 Å². The summed E-state index contributed by atoms with van der Waals surface area (Å²) in [7, 11) is 2.05. The average molecular weight is 446 g/mol. The van der Waals surface area contributed by atoms with E-state index in [0.29, 0.717) is 18.7 Å². The lowest BCUT2D eigenvalue weighted by molar-refractivity contribution is 0.0657. The molecule has 174 valence electrons. The molecule has 0 unspecified atom stereocenters. The number of nitrogens with zero attached hydrogens (tertiary/aromatic N) is 2. The molecule has 1 aliphatic rings. The van der Waals surface area contributed by atoms with Gasteiger partial charge >= 0.3 is 6.03 Å². The minimum absolute atomic E-state index is 0.00575. The van der Waals surface area contributed by atoms with Crippen molar-refractivity contribution in [1.29, 1.82) is 0 Å². The standard InChI is InChI=1S/C25H33F2N3O2/c1-18(2)32-17-20-6-4-19(5-7-20)15-28-25(31)30(23-10-12-29(3)13-11-23)16-21-8-9-22(26)14-24(21)27/h4-9,14,18,23H,10-13,15-17H2,1-3H3,(H,28,31). The van der Waals surface area contributed by atoms with Gasteiger partial charge in [0.05, 0.1) is 19.3 Å². The molecule has 0 aliphatic carbocycles. The number of piperidine rings is 1. The zero-order valence-corrected chi connectivity index (χ0v) is 19.1. The highest BCUT2D eigenvalue weighted by molar-refractivity contribution is 5.74. The molecule has 5 nitrogen and oxygen atoms in total. The number of benzene rings is 2. The summed E-state index contributed by atoms with van der Waals surface area (Å²) >= 11 is 0. The van der Waals surface area contributed by atoms with E-state index in [1.54, 1.807) is 4.90 Å². The van der Waals surface area contributed by atoms with Gasteiger partial charge in [-0.05, 0) is 64.0 Å². The highest BCUT2D eigenvalue weighted by Gasteiger charge is 2.27. The maximum Gasteiger partial charge on any atom is 0.318 e. The molecule has 0 aromatic heterocycles. The molecule has 0 spiro atoms.